The molecule has 2 atom stereocenters. The van der Waals surface area contributed by atoms with Gasteiger partial charge >= 0.3 is 6.03 Å². The fraction of sp³-hybridized carbons (Fsp3) is 0.526. The highest BCUT2D eigenvalue weighted by atomic mass is 35.5. The van der Waals surface area contributed by atoms with Crippen LogP contribution in [0.25, 0.3) is 0 Å². The van der Waals surface area contributed by atoms with E-state index in [1.54, 1.807) is 0 Å². The van der Waals surface area contributed by atoms with E-state index in [9.17, 15) is 14.4 Å². The first-order valence-electron chi connectivity index (χ1n) is 8.86. The summed E-state index contributed by atoms with van der Waals surface area (Å²) in [6.07, 6.45) is -0.266. The number of hydrogen-bond acceptors (Lipinski definition) is 4. The summed E-state index contributed by atoms with van der Waals surface area (Å²) in [4.78, 5) is 44.3. The van der Waals surface area contributed by atoms with Crippen LogP contribution >= 0.6 is 11.6 Å². The summed E-state index contributed by atoms with van der Waals surface area (Å²) >= 11 is 5.99. The van der Waals surface area contributed by atoms with E-state index in [2.05, 4.69) is 5.32 Å². The van der Waals surface area contributed by atoms with Crippen molar-refractivity contribution in [2.24, 2.45) is 0 Å². The van der Waals surface area contributed by atoms with Crippen molar-refractivity contribution in [2.75, 3.05) is 6.54 Å². The summed E-state index contributed by atoms with van der Waals surface area (Å²) in [7, 11) is 0. The molecule has 2 heterocycles. The lowest BCUT2D eigenvalue weighted by molar-refractivity contribution is -0.173. The first-order valence-corrected chi connectivity index (χ1v) is 9.29. The van der Waals surface area contributed by atoms with Crippen molar-refractivity contribution in [3.8, 4) is 0 Å². The van der Waals surface area contributed by atoms with Crippen LogP contribution in [0.5, 0.6) is 0 Å². The Hall–Kier alpha value is -2.12. The fourth-order valence-corrected chi connectivity index (χ4v) is 3.97. The van der Waals surface area contributed by atoms with Crippen LogP contribution in [0.1, 0.15) is 47.3 Å². The zero-order valence-corrected chi connectivity index (χ0v) is 16.9. The minimum Gasteiger partial charge on any atom is -0.294 e. The molecule has 2 aliphatic rings. The number of alkyl halides is 1. The molecule has 1 aromatic carbocycles. The van der Waals surface area contributed by atoms with Gasteiger partial charge in [0, 0.05) is 12.0 Å². The number of nitrogens with zero attached hydrogens (tertiary/aromatic N) is 2. The number of imide groups is 1. The number of carbonyl (C=O) groups excluding carboxylic acids is 3. The number of rotatable bonds is 2. The molecular formula is C19H24ClN3O4. The molecule has 0 spiro atoms. The van der Waals surface area contributed by atoms with Crippen LogP contribution in [0.3, 0.4) is 0 Å². The van der Waals surface area contributed by atoms with Gasteiger partial charge in [-0.15, -0.1) is 11.6 Å². The molecule has 8 heteroatoms. The van der Waals surface area contributed by atoms with Gasteiger partial charge in [0.1, 0.15) is 5.38 Å². The molecule has 2 fully saturated rings. The Morgan fingerprint density at radius 1 is 1.22 bits per heavy atom. The second-order valence-corrected chi connectivity index (χ2v) is 8.39. The third-order valence-electron chi connectivity index (χ3n) is 5.01. The summed E-state index contributed by atoms with van der Waals surface area (Å²) in [5.41, 5.74) is 2.81. The fourth-order valence-electron chi connectivity index (χ4n) is 3.76. The molecule has 0 radical (unpaired) electrons. The number of urea groups is 1. The van der Waals surface area contributed by atoms with Crippen molar-refractivity contribution < 1.29 is 19.2 Å². The Kier molecular flexibility index (Phi) is 4.94. The van der Waals surface area contributed by atoms with Gasteiger partial charge in [-0.05, 0) is 45.7 Å². The number of amides is 4. The molecule has 2 aliphatic heterocycles. The molecule has 0 aromatic heterocycles. The minimum absolute atomic E-state index is 0.0393. The Bertz CT molecular complexity index is 800. The first kappa shape index (κ1) is 19.6. The smallest absolute Gasteiger partial charge is 0.294 e. The lowest BCUT2D eigenvalue weighted by atomic mass is 9.96. The molecule has 2 unspecified atom stereocenters. The number of hydroxylamine groups is 2. The molecule has 2 saturated heterocycles. The molecule has 27 heavy (non-hydrogen) atoms. The number of carbonyl (C=O) groups is 3. The Morgan fingerprint density at radius 3 is 2.41 bits per heavy atom. The summed E-state index contributed by atoms with van der Waals surface area (Å²) in [6.45, 7) is 9.59. The summed E-state index contributed by atoms with van der Waals surface area (Å²) in [5.74, 6) is -0.762. The zero-order valence-electron chi connectivity index (χ0n) is 16.1. The lowest BCUT2D eigenvalue weighted by Crippen LogP contribution is -2.58. The van der Waals surface area contributed by atoms with Crippen LogP contribution in [-0.2, 0) is 9.63 Å². The van der Waals surface area contributed by atoms with Crippen LogP contribution in [0.15, 0.2) is 12.1 Å². The molecule has 0 saturated carbocycles. The highest BCUT2D eigenvalue weighted by Crippen LogP contribution is 2.36. The van der Waals surface area contributed by atoms with Crippen LogP contribution < -0.4 is 5.32 Å². The van der Waals surface area contributed by atoms with Gasteiger partial charge in [0.2, 0.25) is 5.91 Å². The van der Waals surface area contributed by atoms with Gasteiger partial charge in [-0.25, -0.2) is 14.7 Å². The summed E-state index contributed by atoms with van der Waals surface area (Å²) in [6, 6.07) is 3.36. The molecule has 1 aromatic rings. The van der Waals surface area contributed by atoms with E-state index in [-0.39, 0.29) is 12.5 Å². The van der Waals surface area contributed by atoms with E-state index in [0.717, 1.165) is 16.7 Å². The van der Waals surface area contributed by atoms with Gasteiger partial charge in [0.15, 0.2) is 6.23 Å². The van der Waals surface area contributed by atoms with E-state index in [4.69, 9.17) is 16.4 Å². The van der Waals surface area contributed by atoms with E-state index >= 15 is 0 Å². The number of aryl methyl sites for hydroxylation is 3. The highest BCUT2D eigenvalue weighted by Gasteiger charge is 2.48. The third-order valence-corrected chi connectivity index (χ3v) is 5.34. The van der Waals surface area contributed by atoms with Crippen molar-refractivity contribution in [1.82, 2.24) is 15.3 Å². The molecule has 146 valence electrons. The monoisotopic (exact) mass is 393 g/mol. The Balaban J connectivity index is 1.86. The van der Waals surface area contributed by atoms with E-state index in [1.165, 1.54) is 9.96 Å². The van der Waals surface area contributed by atoms with E-state index < -0.39 is 29.1 Å². The van der Waals surface area contributed by atoms with Crippen LogP contribution in [0.4, 0.5) is 4.79 Å². The van der Waals surface area contributed by atoms with Gasteiger partial charge < -0.3 is 0 Å². The molecule has 3 rings (SSSR count). The average Bonchev–Trinajstić information content (AvgIpc) is 2.85. The molecule has 4 amide bonds. The van der Waals surface area contributed by atoms with Crippen LogP contribution in [0, 0.1) is 20.8 Å². The van der Waals surface area contributed by atoms with Crippen molar-refractivity contribution in [3.63, 3.8) is 0 Å². The maximum absolute atomic E-state index is 13.2. The topological polar surface area (TPSA) is 79.0 Å². The highest BCUT2D eigenvalue weighted by molar-refractivity contribution is 6.32. The van der Waals surface area contributed by atoms with E-state index in [0.29, 0.717) is 12.0 Å². The maximum Gasteiger partial charge on any atom is 0.326 e. The lowest BCUT2D eigenvalue weighted by Gasteiger charge is -2.33. The van der Waals surface area contributed by atoms with Crippen LogP contribution in [0.2, 0.25) is 0 Å². The standard InChI is InChI=1S/C19H24ClN3O4/c1-10-6-11(2)15(12(3)7-10)17(25)23-19(4,5)8-14(27-23)22-9-13(20)16(24)21-18(22)26/h6-7,13-14H,8-9H2,1-5H3,(H,21,24,26). The zero-order chi connectivity index (χ0) is 20.1. The number of benzene rings is 1. The maximum atomic E-state index is 13.2. The summed E-state index contributed by atoms with van der Waals surface area (Å²) < 4.78 is 0. The van der Waals surface area contributed by atoms with Gasteiger partial charge in [0.05, 0.1) is 12.1 Å². The second-order valence-electron chi connectivity index (χ2n) is 7.86. The molecule has 7 nitrogen and oxygen atoms in total. The second kappa shape index (κ2) is 6.80. The molecule has 0 aliphatic carbocycles. The van der Waals surface area contributed by atoms with E-state index in [1.807, 2.05) is 46.8 Å². The van der Waals surface area contributed by atoms with Gasteiger partial charge in [-0.3, -0.25) is 19.8 Å². The van der Waals surface area contributed by atoms with Crippen molar-refractivity contribution in [1.29, 1.82) is 0 Å². The predicted octanol–water partition coefficient (Wildman–Crippen LogP) is 2.65. The summed E-state index contributed by atoms with van der Waals surface area (Å²) in [5, 5.41) is 2.71. The van der Waals surface area contributed by atoms with Gasteiger partial charge in [-0.1, -0.05) is 17.7 Å². The molecule has 0 bridgehead atoms. The SMILES string of the molecule is Cc1cc(C)c(C(=O)N2OC(N3CC(Cl)C(=O)NC3=O)CC2(C)C)c(C)c1. The number of hydrogen-bond donors (Lipinski definition) is 1. The number of nitrogens with one attached hydrogen (secondary N) is 1. The third kappa shape index (κ3) is 3.53. The van der Waals surface area contributed by atoms with Crippen molar-refractivity contribution in [3.05, 3.63) is 34.4 Å². The predicted molar refractivity (Wildman–Crippen MR) is 100 cm³/mol. The average molecular weight is 394 g/mol. The van der Waals surface area contributed by atoms with Gasteiger partial charge in [-0.2, -0.15) is 0 Å². The quantitative estimate of drug-likeness (QED) is 0.783. The van der Waals surface area contributed by atoms with Crippen molar-refractivity contribution in [2.45, 2.75) is 58.2 Å². The normalized spacial score (nSPS) is 25.0. The number of halogens is 1. The van der Waals surface area contributed by atoms with Crippen LogP contribution in [-0.4, -0.2) is 51.5 Å². The Morgan fingerprint density at radius 2 is 1.81 bits per heavy atom. The molecular weight excluding hydrogens is 370 g/mol. The molecule has 1 N–H and O–H groups in total. The Labute approximate surface area is 163 Å². The largest absolute Gasteiger partial charge is 0.326 e. The first-order chi connectivity index (χ1) is 12.5. The minimum atomic E-state index is -0.847. The van der Waals surface area contributed by atoms with Gasteiger partial charge in [0.25, 0.3) is 5.91 Å². The van der Waals surface area contributed by atoms with Crippen molar-refractivity contribution >= 4 is 29.4 Å².